The Morgan fingerprint density at radius 2 is 1.88 bits per heavy atom. The van der Waals surface area contributed by atoms with Crippen molar-refractivity contribution in [3.05, 3.63) is 53.7 Å². The third kappa shape index (κ3) is 4.43. The van der Waals surface area contributed by atoms with Gasteiger partial charge in [-0.05, 0) is 29.8 Å². The molecule has 0 atom stereocenters. The molecular weight excluding hydrogens is 368 g/mol. The van der Waals surface area contributed by atoms with Crippen molar-refractivity contribution in [3.8, 4) is 6.07 Å². The van der Waals surface area contributed by atoms with E-state index >= 15 is 0 Å². The first kappa shape index (κ1) is 18.9. The molecule has 1 N–H and O–H groups in total. The molecule has 0 spiro atoms. The Kier molecular flexibility index (Phi) is 5.94. The Labute approximate surface area is 158 Å². The first-order chi connectivity index (χ1) is 12.5. The van der Waals surface area contributed by atoms with Crippen molar-refractivity contribution in [1.29, 1.82) is 5.26 Å². The molecule has 2 heterocycles. The van der Waals surface area contributed by atoms with E-state index in [2.05, 4.69) is 18.1 Å². The van der Waals surface area contributed by atoms with Gasteiger partial charge in [0, 0.05) is 11.9 Å². The van der Waals surface area contributed by atoms with Gasteiger partial charge in [0.15, 0.2) is 0 Å². The van der Waals surface area contributed by atoms with Crippen LogP contribution in [0.3, 0.4) is 0 Å². The summed E-state index contributed by atoms with van der Waals surface area (Å²) in [5.41, 5.74) is 1.73. The summed E-state index contributed by atoms with van der Waals surface area (Å²) < 4.78 is 26.9. The molecule has 6 nitrogen and oxygen atoms in total. The fourth-order valence-electron chi connectivity index (χ4n) is 2.69. The predicted octanol–water partition coefficient (Wildman–Crippen LogP) is 0.765. The molecule has 136 valence electrons. The number of rotatable bonds is 5. The molecule has 1 aromatic carbocycles. The normalized spacial score (nSPS) is 16.3. The number of nitriles is 1. The van der Waals surface area contributed by atoms with Crippen LogP contribution in [0.15, 0.2) is 52.5 Å². The SMILES string of the molecule is C[NH+]1CCN(S(=O)(=O)c2ccc(SCc3ccc(C#N)cc3)nc2)CC1. The fraction of sp³-hybridized carbons (Fsp3) is 0.333. The highest BCUT2D eigenvalue weighted by Gasteiger charge is 2.29. The van der Waals surface area contributed by atoms with Crippen molar-refractivity contribution in [3.63, 3.8) is 0 Å². The van der Waals surface area contributed by atoms with Gasteiger partial charge in [-0.2, -0.15) is 9.57 Å². The number of sulfonamides is 1. The lowest BCUT2D eigenvalue weighted by Gasteiger charge is -2.29. The summed E-state index contributed by atoms with van der Waals surface area (Å²) in [7, 11) is -1.38. The number of hydrogen-bond acceptors (Lipinski definition) is 5. The third-order valence-corrected chi connectivity index (χ3v) is 7.29. The molecule has 0 radical (unpaired) electrons. The molecule has 1 aromatic heterocycles. The molecule has 2 aromatic rings. The summed E-state index contributed by atoms with van der Waals surface area (Å²) in [5, 5.41) is 9.59. The highest BCUT2D eigenvalue weighted by atomic mass is 32.2. The van der Waals surface area contributed by atoms with E-state index in [1.807, 2.05) is 12.1 Å². The van der Waals surface area contributed by atoms with E-state index in [-0.39, 0.29) is 4.90 Å². The van der Waals surface area contributed by atoms with Crippen LogP contribution in [0.25, 0.3) is 0 Å². The first-order valence-corrected chi connectivity index (χ1v) is 10.8. The predicted molar refractivity (Wildman–Crippen MR) is 100 cm³/mol. The zero-order valence-electron chi connectivity index (χ0n) is 14.6. The van der Waals surface area contributed by atoms with Gasteiger partial charge < -0.3 is 4.90 Å². The monoisotopic (exact) mass is 389 g/mol. The number of benzene rings is 1. The molecule has 0 saturated carbocycles. The van der Waals surface area contributed by atoms with Crippen molar-refractivity contribution in [2.45, 2.75) is 15.7 Å². The number of nitrogens with zero attached hydrogens (tertiary/aromatic N) is 3. The van der Waals surface area contributed by atoms with E-state index in [1.165, 1.54) is 22.9 Å². The maximum absolute atomic E-state index is 12.7. The van der Waals surface area contributed by atoms with Gasteiger partial charge in [0.1, 0.15) is 4.90 Å². The number of nitrogens with one attached hydrogen (secondary N) is 1. The minimum Gasteiger partial charge on any atom is -0.335 e. The van der Waals surface area contributed by atoms with Crippen LogP contribution in [0.4, 0.5) is 0 Å². The Morgan fingerprint density at radius 1 is 1.19 bits per heavy atom. The zero-order valence-corrected chi connectivity index (χ0v) is 16.2. The molecule has 0 bridgehead atoms. The second-order valence-corrected chi connectivity index (χ2v) is 9.22. The molecule has 0 unspecified atom stereocenters. The topological polar surface area (TPSA) is 78.5 Å². The maximum atomic E-state index is 12.7. The van der Waals surface area contributed by atoms with Gasteiger partial charge in [-0.3, -0.25) is 0 Å². The molecule has 8 heteroatoms. The maximum Gasteiger partial charge on any atom is 0.245 e. The smallest absolute Gasteiger partial charge is 0.245 e. The number of piperazine rings is 1. The van der Waals surface area contributed by atoms with Crippen molar-refractivity contribution >= 4 is 21.8 Å². The lowest BCUT2D eigenvalue weighted by atomic mass is 10.2. The summed E-state index contributed by atoms with van der Waals surface area (Å²) >= 11 is 1.54. The average molecular weight is 390 g/mol. The lowest BCUT2D eigenvalue weighted by Crippen LogP contribution is -3.12. The summed E-state index contributed by atoms with van der Waals surface area (Å²) in [5.74, 6) is 0.714. The molecule has 1 fully saturated rings. The molecule has 1 aliphatic heterocycles. The Balaban J connectivity index is 1.63. The first-order valence-electron chi connectivity index (χ1n) is 8.38. The molecule has 0 amide bonds. The molecule has 0 aliphatic carbocycles. The Hall–Kier alpha value is -1.92. The summed E-state index contributed by atoms with van der Waals surface area (Å²) in [6.45, 7) is 2.74. The van der Waals surface area contributed by atoms with E-state index in [1.54, 1.807) is 28.6 Å². The highest BCUT2D eigenvalue weighted by molar-refractivity contribution is 7.98. The number of pyridine rings is 1. The number of thioether (sulfide) groups is 1. The number of quaternary nitrogens is 1. The molecule has 1 aliphatic rings. The van der Waals surface area contributed by atoms with Gasteiger partial charge in [-0.25, -0.2) is 13.4 Å². The molecule has 3 rings (SSSR count). The van der Waals surface area contributed by atoms with E-state index < -0.39 is 10.0 Å². The van der Waals surface area contributed by atoms with Gasteiger partial charge in [-0.1, -0.05) is 12.1 Å². The van der Waals surface area contributed by atoms with E-state index in [4.69, 9.17) is 5.26 Å². The summed E-state index contributed by atoms with van der Waals surface area (Å²) in [6, 6.07) is 12.9. The number of likely N-dealkylation sites (N-methyl/N-ethyl adjacent to an activating group) is 1. The van der Waals surface area contributed by atoms with Gasteiger partial charge >= 0.3 is 0 Å². The van der Waals surface area contributed by atoms with E-state index in [0.29, 0.717) is 24.4 Å². The number of aromatic nitrogens is 1. The van der Waals surface area contributed by atoms with Gasteiger partial charge in [-0.15, -0.1) is 11.8 Å². The van der Waals surface area contributed by atoms with Gasteiger partial charge in [0.2, 0.25) is 10.0 Å². The van der Waals surface area contributed by atoms with Crippen molar-refractivity contribution in [2.75, 3.05) is 33.2 Å². The molecular formula is C18H21N4O2S2+. The lowest BCUT2D eigenvalue weighted by molar-refractivity contribution is -0.883. The van der Waals surface area contributed by atoms with Crippen LogP contribution in [0.5, 0.6) is 0 Å². The van der Waals surface area contributed by atoms with Crippen molar-refractivity contribution in [1.82, 2.24) is 9.29 Å². The van der Waals surface area contributed by atoms with Crippen LogP contribution >= 0.6 is 11.8 Å². The third-order valence-electron chi connectivity index (χ3n) is 4.39. The van der Waals surface area contributed by atoms with Crippen LogP contribution in [0, 0.1) is 11.3 Å². The van der Waals surface area contributed by atoms with Gasteiger partial charge in [0.05, 0.1) is 49.9 Å². The molecule has 26 heavy (non-hydrogen) atoms. The highest BCUT2D eigenvalue weighted by Crippen LogP contribution is 2.23. The average Bonchev–Trinajstić information content (AvgIpc) is 2.67. The second kappa shape index (κ2) is 8.18. The van der Waals surface area contributed by atoms with Gasteiger partial charge in [0.25, 0.3) is 0 Å². The summed E-state index contributed by atoms with van der Waals surface area (Å²) in [4.78, 5) is 5.90. The van der Waals surface area contributed by atoms with Crippen molar-refractivity contribution in [2.24, 2.45) is 0 Å². The van der Waals surface area contributed by atoms with Crippen LogP contribution in [-0.4, -0.2) is 50.9 Å². The second-order valence-electron chi connectivity index (χ2n) is 6.29. The van der Waals surface area contributed by atoms with Crippen molar-refractivity contribution < 1.29 is 13.3 Å². The summed E-state index contributed by atoms with van der Waals surface area (Å²) in [6.07, 6.45) is 1.45. The van der Waals surface area contributed by atoms with Crippen LogP contribution in [-0.2, 0) is 15.8 Å². The fourth-order valence-corrected chi connectivity index (χ4v) is 4.88. The van der Waals surface area contributed by atoms with E-state index in [9.17, 15) is 8.42 Å². The van der Waals surface area contributed by atoms with Crippen LogP contribution < -0.4 is 4.90 Å². The van der Waals surface area contributed by atoms with E-state index in [0.717, 1.165) is 23.7 Å². The zero-order chi connectivity index (χ0) is 18.6. The quantitative estimate of drug-likeness (QED) is 0.764. The van der Waals surface area contributed by atoms with Crippen LogP contribution in [0.2, 0.25) is 0 Å². The minimum absolute atomic E-state index is 0.250. The largest absolute Gasteiger partial charge is 0.335 e. The van der Waals surface area contributed by atoms with Crippen LogP contribution in [0.1, 0.15) is 11.1 Å². The minimum atomic E-state index is -3.46. The number of hydrogen-bond donors (Lipinski definition) is 1. The Morgan fingerprint density at radius 3 is 2.46 bits per heavy atom. The standard InChI is InChI=1S/C18H20N4O2S2/c1-21-8-10-22(11-9-21)26(23,24)17-6-7-18(20-13-17)25-14-16-4-2-15(12-19)3-5-16/h2-7,13H,8-11,14H2,1H3/p+1. The Bertz CT molecular complexity index is 882. The molecule has 1 saturated heterocycles.